The third-order valence-electron chi connectivity index (χ3n) is 4.80. The first kappa shape index (κ1) is 21.4. The number of benzene rings is 3. The first-order chi connectivity index (χ1) is 15.6. The summed E-state index contributed by atoms with van der Waals surface area (Å²) in [5.74, 6) is -0.558. The highest BCUT2D eigenvalue weighted by Gasteiger charge is 2.29. The van der Waals surface area contributed by atoms with Gasteiger partial charge in [-0.15, -0.1) is 0 Å². The van der Waals surface area contributed by atoms with Gasteiger partial charge in [0.15, 0.2) is 0 Å². The molecule has 3 aromatic carbocycles. The van der Waals surface area contributed by atoms with Crippen LogP contribution >= 0.6 is 11.6 Å². The molecule has 0 aliphatic heterocycles. The van der Waals surface area contributed by atoms with Crippen molar-refractivity contribution in [2.45, 2.75) is 6.92 Å². The molecule has 1 amide bonds. The number of carbonyl (C=O) groups excluding carboxylic acids is 2. The van der Waals surface area contributed by atoms with Crippen LogP contribution in [0.25, 0.3) is 22.5 Å². The molecule has 1 aromatic heterocycles. The third-order valence-corrected chi connectivity index (χ3v) is 5.04. The maximum absolute atomic E-state index is 13.0. The number of anilines is 1. The quantitative estimate of drug-likeness (QED) is 0.335. The lowest BCUT2D eigenvalue weighted by Crippen LogP contribution is -2.15. The highest BCUT2D eigenvalue weighted by atomic mass is 35.5. The van der Waals surface area contributed by atoms with E-state index in [1.165, 1.54) is 0 Å². The molecule has 0 aliphatic rings. The molecule has 0 unspecified atom stereocenters. The van der Waals surface area contributed by atoms with Crippen molar-refractivity contribution in [1.82, 2.24) is 0 Å². The zero-order chi connectivity index (χ0) is 22.5. The van der Waals surface area contributed by atoms with Gasteiger partial charge in [0.2, 0.25) is 5.88 Å². The molecule has 4 rings (SSSR count). The van der Waals surface area contributed by atoms with E-state index in [2.05, 4.69) is 5.32 Å². The maximum atomic E-state index is 13.0. The Hall–Kier alpha value is -3.83. The summed E-state index contributed by atoms with van der Waals surface area (Å²) < 4.78 is 11.4. The maximum Gasteiger partial charge on any atom is 0.344 e. The molecule has 0 fully saturated rings. The van der Waals surface area contributed by atoms with Crippen molar-refractivity contribution in [3.63, 3.8) is 0 Å². The fourth-order valence-electron chi connectivity index (χ4n) is 3.40. The van der Waals surface area contributed by atoms with Gasteiger partial charge >= 0.3 is 5.97 Å². The van der Waals surface area contributed by atoms with Crippen LogP contribution in [0.15, 0.2) is 89.3 Å². The lowest BCUT2D eigenvalue weighted by atomic mass is 9.97. The van der Waals surface area contributed by atoms with E-state index in [9.17, 15) is 9.59 Å². The Morgan fingerprint density at radius 1 is 0.906 bits per heavy atom. The minimum absolute atomic E-state index is 0.0196. The summed E-state index contributed by atoms with van der Waals surface area (Å²) in [6.45, 7) is 1.91. The Bertz CT molecular complexity index is 1250. The van der Waals surface area contributed by atoms with Crippen LogP contribution in [0.5, 0.6) is 0 Å². The summed E-state index contributed by atoms with van der Waals surface area (Å²) in [5, 5.41) is 3.16. The molecule has 4 aromatic rings. The lowest BCUT2D eigenvalue weighted by molar-refractivity contribution is 0.0528. The number of hydrogen-bond donors (Lipinski definition) is 1. The van der Waals surface area contributed by atoms with Crippen LogP contribution in [0.2, 0.25) is 5.02 Å². The average Bonchev–Trinajstić information content (AvgIpc) is 3.19. The predicted molar refractivity (Wildman–Crippen MR) is 125 cm³/mol. The first-order valence-electron chi connectivity index (χ1n) is 10.1. The van der Waals surface area contributed by atoms with Gasteiger partial charge in [-0.3, -0.25) is 10.1 Å². The van der Waals surface area contributed by atoms with Gasteiger partial charge in [0.1, 0.15) is 11.3 Å². The average molecular weight is 446 g/mol. The smallest absolute Gasteiger partial charge is 0.344 e. The number of furan rings is 1. The summed E-state index contributed by atoms with van der Waals surface area (Å²) in [5.41, 5.74) is 2.58. The van der Waals surface area contributed by atoms with Crippen molar-refractivity contribution in [2.75, 3.05) is 11.9 Å². The van der Waals surface area contributed by atoms with Gasteiger partial charge in [0.25, 0.3) is 5.91 Å². The Labute approximate surface area is 190 Å². The highest BCUT2D eigenvalue weighted by Crippen LogP contribution is 2.42. The first-order valence-corrected chi connectivity index (χ1v) is 10.5. The van der Waals surface area contributed by atoms with E-state index >= 15 is 0 Å². The van der Waals surface area contributed by atoms with E-state index in [1.807, 2.05) is 60.7 Å². The van der Waals surface area contributed by atoms with Gasteiger partial charge < -0.3 is 9.15 Å². The second kappa shape index (κ2) is 9.54. The highest BCUT2D eigenvalue weighted by molar-refractivity contribution is 6.31. The van der Waals surface area contributed by atoms with Gasteiger partial charge in [-0.25, -0.2) is 4.79 Å². The molecule has 6 heteroatoms. The molecule has 1 N–H and O–H groups in total. The summed E-state index contributed by atoms with van der Waals surface area (Å²) in [7, 11) is 0. The Morgan fingerprint density at radius 3 is 2.19 bits per heavy atom. The second-order valence-electron chi connectivity index (χ2n) is 6.93. The van der Waals surface area contributed by atoms with Crippen LogP contribution < -0.4 is 5.32 Å². The van der Waals surface area contributed by atoms with E-state index in [0.29, 0.717) is 21.9 Å². The van der Waals surface area contributed by atoms with Crippen LogP contribution in [0, 0.1) is 0 Å². The molecule has 160 valence electrons. The van der Waals surface area contributed by atoms with E-state index in [-0.39, 0.29) is 18.1 Å². The third kappa shape index (κ3) is 4.43. The second-order valence-corrected chi connectivity index (χ2v) is 7.36. The minimum Gasteiger partial charge on any atom is -0.462 e. The van der Waals surface area contributed by atoms with Gasteiger partial charge in [-0.1, -0.05) is 78.3 Å². The van der Waals surface area contributed by atoms with Crippen molar-refractivity contribution in [1.29, 1.82) is 0 Å². The van der Waals surface area contributed by atoms with Crippen molar-refractivity contribution < 1.29 is 18.7 Å². The van der Waals surface area contributed by atoms with E-state index in [0.717, 1.165) is 11.1 Å². The molecule has 0 saturated heterocycles. The molecule has 0 bridgehead atoms. The Morgan fingerprint density at radius 2 is 1.56 bits per heavy atom. The largest absolute Gasteiger partial charge is 0.462 e. The molecule has 1 heterocycles. The molecule has 0 aliphatic carbocycles. The van der Waals surface area contributed by atoms with Gasteiger partial charge in [0.05, 0.1) is 6.61 Å². The van der Waals surface area contributed by atoms with Crippen LogP contribution in [-0.4, -0.2) is 18.5 Å². The minimum atomic E-state index is -0.585. The van der Waals surface area contributed by atoms with Crippen LogP contribution in [0.1, 0.15) is 27.6 Å². The molecule has 5 nitrogen and oxygen atoms in total. The number of ether oxygens (including phenoxy) is 1. The van der Waals surface area contributed by atoms with Crippen molar-refractivity contribution in [3.05, 3.63) is 101 Å². The summed E-state index contributed by atoms with van der Waals surface area (Å²) in [6.07, 6.45) is 0. The molecule has 0 saturated carbocycles. The van der Waals surface area contributed by atoms with Crippen molar-refractivity contribution in [3.8, 4) is 22.5 Å². The number of rotatable bonds is 6. The van der Waals surface area contributed by atoms with Crippen molar-refractivity contribution >= 4 is 29.4 Å². The number of carbonyl (C=O) groups is 2. The Balaban J connectivity index is 1.90. The molecule has 0 spiro atoms. The number of halogens is 1. The summed E-state index contributed by atoms with van der Waals surface area (Å²) in [4.78, 5) is 25.9. The van der Waals surface area contributed by atoms with Gasteiger partial charge in [-0.05, 0) is 30.7 Å². The van der Waals surface area contributed by atoms with Crippen LogP contribution in [0.4, 0.5) is 5.88 Å². The van der Waals surface area contributed by atoms with E-state index in [1.54, 1.807) is 31.2 Å². The fourth-order valence-corrected chi connectivity index (χ4v) is 3.59. The zero-order valence-corrected chi connectivity index (χ0v) is 18.1. The van der Waals surface area contributed by atoms with E-state index in [4.69, 9.17) is 20.8 Å². The summed E-state index contributed by atoms with van der Waals surface area (Å²) >= 11 is 6.03. The number of amides is 1. The van der Waals surface area contributed by atoms with Gasteiger partial charge in [-0.2, -0.15) is 0 Å². The fraction of sp³-hybridized carbons (Fsp3) is 0.0769. The number of esters is 1. The monoisotopic (exact) mass is 445 g/mol. The normalized spacial score (nSPS) is 10.6. The standard InChI is InChI=1S/C26H20ClNO4/c1-2-31-26(30)22-21(17-10-5-3-6-11-17)23(18-12-7-4-8-13-18)32-25(22)28-24(29)19-14-9-15-20(27)16-19/h3-16H,2H2,1H3,(H,28,29). The van der Waals surface area contributed by atoms with Crippen LogP contribution in [0.3, 0.4) is 0 Å². The molecular weight excluding hydrogens is 426 g/mol. The summed E-state index contributed by atoms with van der Waals surface area (Å²) in [6, 6.07) is 25.3. The molecule has 32 heavy (non-hydrogen) atoms. The van der Waals surface area contributed by atoms with Crippen molar-refractivity contribution in [2.24, 2.45) is 0 Å². The van der Waals surface area contributed by atoms with Crippen LogP contribution in [-0.2, 0) is 4.74 Å². The number of hydrogen-bond acceptors (Lipinski definition) is 4. The van der Waals surface area contributed by atoms with Gasteiger partial charge in [0, 0.05) is 21.7 Å². The molecular formula is C26H20ClNO4. The molecule has 0 radical (unpaired) electrons. The topological polar surface area (TPSA) is 68.5 Å². The lowest BCUT2D eigenvalue weighted by Gasteiger charge is -2.08. The predicted octanol–water partition coefficient (Wildman–Crippen LogP) is 6.70. The Kier molecular flexibility index (Phi) is 6.38. The molecule has 0 atom stereocenters. The SMILES string of the molecule is CCOC(=O)c1c(NC(=O)c2cccc(Cl)c2)oc(-c2ccccc2)c1-c1ccccc1. The van der Waals surface area contributed by atoms with E-state index < -0.39 is 11.9 Å². The zero-order valence-electron chi connectivity index (χ0n) is 17.3. The number of nitrogens with one attached hydrogen (secondary N) is 1.